The second-order valence-corrected chi connectivity index (χ2v) is 7.60. The Labute approximate surface area is 180 Å². The number of carbonyl (C=O) groups is 1. The number of hydrogen-bond donors (Lipinski definition) is 1. The third-order valence-electron chi connectivity index (χ3n) is 5.59. The number of amides is 1. The number of benzene rings is 1. The van der Waals surface area contributed by atoms with Gasteiger partial charge in [-0.05, 0) is 44.0 Å². The molecule has 3 aromatic heterocycles. The summed E-state index contributed by atoms with van der Waals surface area (Å²) in [6.07, 6.45) is 5.59. The smallest absolute Gasteiger partial charge is 0.290 e. The number of aryl methyl sites for hydroxylation is 1. The number of nitrogens with one attached hydrogen (secondary N) is 1. The van der Waals surface area contributed by atoms with E-state index in [4.69, 9.17) is 0 Å². The summed E-state index contributed by atoms with van der Waals surface area (Å²) in [6, 6.07) is 13.9. The van der Waals surface area contributed by atoms with Crippen LogP contribution in [0.1, 0.15) is 29.2 Å². The molecule has 1 saturated heterocycles. The second-order valence-electron chi connectivity index (χ2n) is 7.60. The summed E-state index contributed by atoms with van der Waals surface area (Å²) in [5, 5.41) is 5.53. The Morgan fingerprint density at radius 2 is 1.94 bits per heavy atom. The summed E-state index contributed by atoms with van der Waals surface area (Å²) in [6.45, 7) is 2.83. The highest BCUT2D eigenvalue weighted by Crippen LogP contribution is 2.21. The Morgan fingerprint density at radius 1 is 1.13 bits per heavy atom. The van der Waals surface area contributed by atoms with E-state index in [1.807, 2.05) is 62.9 Å². The van der Waals surface area contributed by atoms with E-state index >= 15 is 0 Å². The summed E-state index contributed by atoms with van der Waals surface area (Å²) in [4.78, 5) is 22.6. The van der Waals surface area contributed by atoms with Crippen LogP contribution in [0.5, 0.6) is 0 Å². The maximum atomic E-state index is 13.1. The Morgan fingerprint density at radius 3 is 2.71 bits per heavy atom. The van der Waals surface area contributed by atoms with E-state index in [0.717, 1.165) is 16.9 Å². The van der Waals surface area contributed by atoms with Crippen molar-refractivity contribution in [3.63, 3.8) is 0 Å². The zero-order valence-corrected chi connectivity index (χ0v) is 17.8. The summed E-state index contributed by atoms with van der Waals surface area (Å²) in [7, 11) is 1.93. The lowest BCUT2D eigenvalue weighted by atomic mass is 10.1. The quantitative estimate of drug-likeness (QED) is 0.520. The van der Waals surface area contributed by atoms with Crippen LogP contribution in [0, 0.1) is 6.92 Å². The SMILES string of the molecule is CNc1cccc2cnccc12.Cc1nc(C(=O)N2CCC(F)CC2)n2ccccc12. The number of fused-ring (bicyclic) bond motifs is 2. The van der Waals surface area contributed by atoms with Crippen molar-refractivity contribution in [3.8, 4) is 0 Å². The number of pyridine rings is 2. The van der Waals surface area contributed by atoms with Crippen LogP contribution >= 0.6 is 0 Å². The molecular formula is C24H26FN5O. The fraction of sp³-hybridized carbons (Fsp3) is 0.292. The molecule has 0 spiro atoms. The van der Waals surface area contributed by atoms with Gasteiger partial charge in [0.1, 0.15) is 6.17 Å². The Bertz CT molecular complexity index is 1190. The van der Waals surface area contributed by atoms with E-state index in [-0.39, 0.29) is 5.91 Å². The summed E-state index contributed by atoms with van der Waals surface area (Å²) in [5.74, 6) is 0.312. The number of hydrogen-bond acceptors (Lipinski definition) is 4. The third-order valence-corrected chi connectivity index (χ3v) is 5.59. The molecule has 5 rings (SSSR count). The Kier molecular flexibility index (Phi) is 6.11. The molecular weight excluding hydrogens is 393 g/mol. The van der Waals surface area contributed by atoms with Crippen LogP contribution in [0.4, 0.5) is 10.1 Å². The standard InChI is InChI=1S/C14H16FN3O.C10H10N2/c1-10-12-4-2-3-7-18(12)13(16-10)14(19)17-8-5-11(15)6-9-17;1-11-10-4-2-3-8-7-12-6-5-9(8)10/h2-4,7,11H,5-6,8-9H2,1H3;2-7,11H,1H3. The molecule has 0 unspecified atom stereocenters. The Balaban J connectivity index is 0.000000166. The van der Waals surface area contributed by atoms with Crippen LogP contribution in [0.25, 0.3) is 16.3 Å². The molecule has 6 nitrogen and oxygen atoms in total. The fourth-order valence-electron chi connectivity index (χ4n) is 3.88. The maximum absolute atomic E-state index is 13.1. The van der Waals surface area contributed by atoms with Gasteiger partial charge < -0.3 is 10.2 Å². The van der Waals surface area contributed by atoms with Crippen LogP contribution in [0.15, 0.2) is 61.1 Å². The van der Waals surface area contributed by atoms with Gasteiger partial charge in [-0.15, -0.1) is 0 Å². The average Bonchev–Trinajstić information content (AvgIpc) is 3.16. The first kappa shape index (κ1) is 20.8. The van der Waals surface area contributed by atoms with Crippen LogP contribution in [-0.2, 0) is 0 Å². The predicted molar refractivity (Wildman–Crippen MR) is 121 cm³/mol. The van der Waals surface area contributed by atoms with Crippen LogP contribution < -0.4 is 5.32 Å². The minimum absolute atomic E-state index is 0.110. The summed E-state index contributed by atoms with van der Waals surface area (Å²) < 4.78 is 14.9. The van der Waals surface area contributed by atoms with Crippen molar-refractivity contribution in [2.45, 2.75) is 25.9 Å². The molecule has 1 fully saturated rings. The molecule has 0 atom stereocenters. The lowest BCUT2D eigenvalue weighted by Gasteiger charge is -2.28. The van der Waals surface area contributed by atoms with Gasteiger partial charge in [0.2, 0.25) is 5.82 Å². The first-order valence-electron chi connectivity index (χ1n) is 10.5. The molecule has 7 heteroatoms. The lowest BCUT2D eigenvalue weighted by molar-refractivity contribution is 0.0654. The maximum Gasteiger partial charge on any atom is 0.290 e. The number of imidazole rings is 1. The molecule has 0 aliphatic carbocycles. The first-order valence-corrected chi connectivity index (χ1v) is 10.5. The van der Waals surface area contributed by atoms with Crippen LogP contribution in [0.3, 0.4) is 0 Å². The number of carbonyl (C=O) groups excluding carboxylic acids is 1. The molecule has 4 heterocycles. The van der Waals surface area contributed by atoms with E-state index < -0.39 is 6.17 Å². The molecule has 31 heavy (non-hydrogen) atoms. The van der Waals surface area contributed by atoms with Crippen molar-refractivity contribution < 1.29 is 9.18 Å². The van der Waals surface area contributed by atoms with Crippen molar-refractivity contribution in [3.05, 3.63) is 72.6 Å². The molecule has 1 amide bonds. The van der Waals surface area contributed by atoms with Gasteiger partial charge >= 0.3 is 0 Å². The van der Waals surface area contributed by atoms with Gasteiger partial charge in [-0.2, -0.15) is 0 Å². The average molecular weight is 420 g/mol. The van der Waals surface area contributed by atoms with Crippen LogP contribution in [-0.4, -0.2) is 51.5 Å². The number of likely N-dealkylation sites (tertiary alicyclic amines) is 1. The van der Waals surface area contributed by atoms with E-state index in [1.54, 1.807) is 9.30 Å². The zero-order valence-electron chi connectivity index (χ0n) is 17.8. The monoisotopic (exact) mass is 419 g/mol. The van der Waals surface area contributed by atoms with Gasteiger partial charge in [0.15, 0.2) is 0 Å². The normalized spacial score (nSPS) is 14.4. The predicted octanol–water partition coefficient (Wildman–Crippen LogP) is 4.49. The van der Waals surface area contributed by atoms with Crippen molar-refractivity contribution in [2.24, 2.45) is 0 Å². The second kappa shape index (κ2) is 9.12. The molecule has 1 aromatic carbocycles. The van der Waals surface area contributed by atoms with Gasteiger partial charge in [0.05, 0.1) is 11.2 Å². The zero-order chi connectivity index (χ0) is 21.8. The van der Waals surface area contributed by atoms with Gasteiger partial charge in [-0.1, -0.05) is 18.2 Å². The van der Waals surface area contributed by atoms with E-state index in [9.17, 15) is 9.18 Å². The number of alkyl halides is 1. The number of aromatic nitrogens is 3. The molecule has 4 aromatic rings. The number of halogens is 1. The van der Waals surface area contributed by atoms with E-state index in [0.29, 0.717) is 31.8 Å². The fourth-order valence-corrected chi connectivity index (χ4v) is 3.88. The van der Waals surface area contributed by atoms with Crippen molar-refractivity contribution in [2.75, 3.05) is 25.5 Å². The topological polar surface area (TPSA) is 62.5 Å². The number of piperidine rings is 1. The summed E-state index contributed by atoms with van der Waals surface area (Å²) in [5.41, 5.74) is 2.92. The van der Waals surface area contributed by atoms with E-state index in [1.165, 1.54) is 10.8 Å². The third kappa shape index (κ3) is 4.35. The van der Waals surface area contributed by atoms with Crippen molar-refractivity contribution in [1.82, 2.24) is 19.3 Å². The van der Waals surface area contributed by atoms with Crippen LogP contribution in [0.2, 0.25) is 0 Å². The first-order chi connectivity index (χ1) is 15.1. The highest BCUT2D eigenvalue weighted by molar-refractivity contribution is 5.93. The highest BCUT2D eigenvalue weighted by atomic mass is 19.1. The molecule has 1 N–H and O–H groups in total. The molecule has 1 aliphatic rings. The van der Waals surface area contributed by atoms with Crippen molar-refractivity contribution >= 4 is 27.9 Å². The lowest BCUT2D eigenvalue weighted by Crippen LogP contribution is -2.39. The minimum atomic E-state index is -0.775. The van der Waals surface area contributed by atoms with Gasteiger partial charge in [0.25, 0.3) is 5.91 Å². The minimum Gasteiger partial charge on any atom is -0.388 e. The highest BCUT2D eigenvalue weighted by Gasteiger charge is 2.26. The largest absolute Gasteiger partial charge is 0.388 e. The molecule has 160 valence electrons. The van der Waals surface area contributed by atoms with E-state index in [2.05, 4.69) is 27.4 Å². The van der Waals surface area contributed by atoms with Gasteiger partial charge in [-0.25, -0.2) is 9.37 Å². The Hall–Kier alpha value is -3.48. The van der Waals surface area contributed by atoms with Crippen molar-refractivity contribution in [1.29, 1.82) is 0 Å². The molecule has 0 bridgehead atoms. The van der Waals surface area contributed by atoms with Gasteiger partial charge in [-0.3, -0.25) is 14.2 Å². The molecule has 0 saturated carbocycles. The number of anilines is 1. The molecule has 0 radical (unpaired) electrons. The van der Waals surface area contributed by atoms with Gasteiger partial charge in [0, 0.05) is 55.2 Å². The number of rotatable bonds is 2. The number of nitrogens with zero attached hydrogens (tertiary/aromatic N) is 4. The molecule has 1 aliphatic heterocycles. The summed E-state index contributed by atoms with van der Waals surface area (Å²) >= 11 is 0.